The molecule has 0 bridgehead atoms. The number of aromatic nitrogens is 1. The maximum absolute atomic E-state index is 12.9. The Kier molecular flexibility index (Phi) is 2.79. The van der Waals surface area contributed by atoms with Gasteiger partial charge in [-0.05, 0) is 18.1 Å². The molecule has 0 spiro atoms. The quantitative estimate of drug-likeness (QED) is 0.690. The lowest BCUT2D eigenvalue weighted by Gasteiger charge is -1.99. The zero-order chi connectivity index (χ0) is 8.27. The van der Waals surface area contributed by atoms with Crippen molar-refractivity contribution in [2.75, 3.05) is 6.61 Å². The Morgan fingerprint density at radius 3 is 3.00 bits per heavy atom. The zero-order valence-electron chi connectivity index (χ0n) is 5.72. The van der Waals surface area contributed by atoms with Gasteiger partial charge in [0.2, 0.25) is 0 Å². The number of hydrogen-bond acceptors (Lipinski definition) is 2. The summed E-state index contributed by atoms with van der Waals surface area (Å²) in [6.45, 7) is -0.0860. The third-order valence-electron chi connectivity index (χ3n) is 1.31. The summed E-state index contributed by atoms with van der Waals surface area (Å²) in [5.41, 5.74) is 0.396. The Morgan fingerprint density at radius 1 is 1.64 bits per heavy atom. The average molecular weight is 176 g/mol. The number of nitrogens with zero attached hydrogens (tertiary/aromatic N) is 1. The van der Waals surface area contributed by atoms with Gasteiger partial charge in [-0.1, -0.05) is 11.6 Å². The molecule has 1 heterocycles. The van der Waals surface area contributed by atoms with Crippen LogP contribution in [0, 0.1) is 5.82 Å². The topological polar surface area (TPSA) is 33.1 Å². The summed E-state index contributed by atoms with van der Waals surface area (Å²) in [6, 6.07) is 1.50. The molecule has 60 valence electrons. The van der Waals surface area contributed by atoms with E-state index in [1.165, 1.54) is 12.3 Å². The fourth-order valence-electron chi connectivity index (χ4n) is 0.769. The van der Waals surface area contributed by atoms with Crippen molar-refractivity contribution >= 4 is 11.6 Å². The van der Waals surface area contributed by atoms with Gasteiger partial charge in [-0.2, -0.15) is 0 Å². The molecule has 0 aliphatic carbocycles. The van der Waals surface area contributed by atoms with Crippen LogP contribution < -0.4 is 0 Å². The van der Waals surface area contributed by atoms with Crippen LogP contribution in [0.5, 0.6) is 0 Å². The fraction of sp³-hybridized carbons (Fsp3) is 0.286. The summed E-state index contributed by atoms with van der Waals surface area (Å²) >= 11 is 5.38. The van der Waals surface area contributed by atoms with Gasteiger partial charge in [0, 0.05) is 12.8 Å². The Bertz CT molecular complexity index is 254. The van der Waals surface area contributed by atoms with Gasteiger partial charge in [-0.15, -0.1) is 0 Å². The predicted octanol–water partition coefficient (Wildman–Crippen LogP) is 1.41. The van der Waals surface area contributed by atoms with E-state index in [1.807, 2.05) is 0 Å². The van der Waals surface area contributed by atoms with E-state index in [9.17, 15) is 4.39 Å². The SMILES string of the molecule is OCCc1ccnc(Cl)c1F. The molecule has 0 unspecified atom stereocenters. The summed E-state index contributed by atoms with van der Waals surface area (Å²) in [7, 11) is 0. The molecule has 4 heteroatoms. The second-order valence-corrected chi connectivity index (χ2v) is 2.41. The lowest BCUT2D eigenvalue weighted by molar-refractivity contribution is 0.297. The molecule has 0 amide bonds. The van der Waals surface area contributed by atoms with Crippen LogP contribution in [0.1, 0.15) is 5.56 Å². The molecule has 2 nitrogen and oxygen atoms in total. The van der Waals surface area contributed by atoms with Gasteiger partial charge in [-0.25, -0.2) is 9.37 Å². The number of halogens is 2. The van der Waals surface area contributed by atoms with Gasteiger partial charge in [0.25, 0.3) is 0 Å². The van der Waals surface area contributed by atoms with E-state index >= 15 is 0 Å². The van der Waals surface area contributed by atoms with Crippen molar-refractivity contribution in [2.45, 2.75) is 6.42 Å². The van der Waals surface area contributed by atoms with Crippen molar-refractivity contribution in [3.63, 3.8) is 0 Å². The highest BCUT2D eigenvalue weighted by atomic mass is 35.5. The van der Waals surface area contributed by atoms with Crippen LogP contribution in [0.3, 0.4) is 0 Å². The first-order valence-electron chi connectivity index (χ1n) is 3.15. The van der Waals surface area contributed by atoms with Crippen molar-refractivity contribution in [1.29, 1.82) is 0 Å². The van der Waals surface area contributed by atoms with Crippen LogP contribution in [0.4, 0.5) is 4.39 Å². The summed E-state index contributed by atoms with van der Waals surface area (Å²) in [4.78, 5) is 3.53. The molecular weight excluding hydrogens is 169 g/mol. The van der Waals surface area contributed by atoms with Crippen molar-refractivity contribution in [2.24, 2.45) is 0 Å². The largest absolute Gasteiger partial charge is 0.396 e. The second-order valence-electron chi connectivity index (χ2n) is 2.05. The highest BCUT2D eigenvalue weighted by Crippen LogP contribution is 2.14. The molecule has 1 rings (SSSR count). The lowest BCUT2D eigenvalue weighted by atomic mass is 10.2. The number of rotatable bonds is 2. The Morgan fingerprint density at radius 2 is 2.36 bits per heavy atom. The molecular formula is C7H7ClFNO. The van der Waals surface area contributed by atoms with Gasteiger partial charge in [-0.3, -0.25) is 0 Å². The summed E-state index contributed by atoms with van der Waals surface area (Å²) in [6.07, 6.45) is 1.68. The normalized spacial score (nSPS) is 10.1. The van der Waals surface area contributed by atoms with Crippen LogP contribution in [0.2, 0.25) is 5.15 Å². The maximum atomic E-state index is 12.9. The van der Waals surface area contributed by atoms with E-state index in [2.05, 4.69) is 4.98 Å². The van der Waals surface area contributed by atoms with Crippen molar-refractivity contribution in [3.05, 3.63) is 28.8 Å². The van der Waals surface area contributed by atoms with Crippen LogP contribution in [-0.2, 0) is 6.42 Å². The molecule has 0 saturated carbocycles. The number of aliphatic hydroxyl groups excluding tert-OH is 1. The summed E-state index contributed by atoms with van der Waals surface area (Å²) < 4.78 is 12.9. The highest BCUT2D eigenvalue weighted by molar-refractivity contribution is 6.29. The second kappa shape index (κ2) is 3.64. The molecule has 0 aliphatic heterocycles. The number of pyridine rings is 1. The van der Waals surface area contributed by atoms with Gasteiger partial charge < -0.3 is 5.11 Å². The van der Waals surface area contributed by atoms with Crippen LogP contribution >= 0.6 is 11.6 Å². The van der Waals surface area contributed by atoms with Gasteiger partial charge in [0.05, 0.1) is 0 Å². The third kappa shape index (κ3) is 1.88. The first-order valence-corrected chi connectivity index (χ1v) is 3.53. The Labute approximate surface area is 68.6 Å². The minimum atomic E-state index is -0.539. The molecule has 1 N–H and O–H groups in total. The summed E-state index contributed by atoms with van der Waals surface area (Å²) in [5.74, 6) is -0.539. The van der Waals surface area contributed by atoms with Crippen molar-refractivity contribution in [1.82, 2.24) is 4.98 Å². The van der Waals surface area contributed by atoms with Crippen molar-refractivity contribution in [3.8, 4) is 0 Å². The number of hydrogen-bond donors (Lipinski definition) is 1. The fourth-order valence-corrected chi connectivity index (χ4v) is 0.946. The predicted molar refractivity (Wildman–Crippen MR) is 40.0 cm³/mol. The standard InChI is InChI=1S/C7H7ClFNO/c8-7-6(9)5(2-4-11)1-3-10-7/h1,3,11H,2,4H2. The van der Waals surface area contributed by atoms with Gasteiger partial charge in [0.1, 0.15) is 0 Å². The Balaban J connectivity index is 2.96. The minimum absolute atomic E-state index is 0.0860. The van der Waals surface area contributed by atoms with Crippen LogP contribution in [-0.4, -0.2) is 16.7 Å². The third-order valence-corrected chi connectivity index (χ3v) is 1.57. The zero-order valence-corrected chi connectivity index (χ0v) is 6.48. The van der Waals surface area contributed by atoms with Gasteiger partial charge in [0.15, 0.2) is 11.0 Å². The lowest BCUT2D eigenvalue weighted by Crippen LogP contribution is -1.96. The molecule has 0 saturated heterocycles. The molecule has 1 aromatic heterocycles. The van der Waals surface area contributed by atoms with E-state index in [0.717, 1.165) is 0 Å². The molecule has 0 atom stereocenters. The first-order chi connectivity index (χ1) is 5.25. The first kappa shape index (κ1) is 8.43. The molecule has 1 aromatic rings. The van der Waals surface area contributed by atoms with E-state index < -0.39 is 5.82 Å². The molecule has 0 fully saturated rings. The molecule has 11 heavy (non-hydrogen) atoms. The molecule has 0 aliphatic rings. The van der Waals surface area contributed by atoms with E-state index in [4.69, 9.17) is 16.7 Å². The molecule has 0 aromatic carbocycles. The molecule has 0 radical (unpaired) electrons. The summed E-state index contributed by atoms with van der Waals surface area (Å²) in [5, 5.41) is 8.36. The van der Waals surface area contributed by atoms with Crippen LogP contribution in [0.25, 0.3) is 0 Å². The van der Waals surface area contributed by atoms with Gasteiger partial charge >= 0.3 is 0 Å². The average Bonchev–Trinajstić information content (AvgIpc) is 1.99. The van der Waals surface area contributed by atoms with E-state index in [1.54, 1.807) is 0 Å². The van der Waals surface area contributed by atoms with Crippen LogP contribution in [0.15, 0.2) is 12.3 Å². The minimum Gasteiger partial charge on any atom is -0.396 e. The number of aliphatic hydroxyl groups is 1. The van der Waals surface area contributed by atoms with E-state index in [-0.39, 0.29) is 18.2 Å². The van der Waals surface area contributed by atoms with Crippen molar-refractivity contribution < 1.29 is 9.50 Å². The monoisotopic (exact) mass is 175 g/mol. The maximum Gasteiger partial charge on any atom is 0.164 e. The van der Waals surface area contributed by atoms with E-state index in [0.29, 0.717) is 5.56 Å². The Hall–Kier alpha value is -0.670. The smallest absolute Gasteiger partial charge is 0.164 e. The highest BCUT2D eigenvalue weighted by Gasteiger charge is 2.05.